The maximum Gasteiger partial charge on any atom is 0.0346 e. The predicted molar refractivity (Wildman–Crippen MR) is 62.4 cm³/mol. The van der Waals surface area contributed by atoms with Crippen molar-refractivity contribution in [3.05, 3.63) is 54.4 Å². The highest BCUT2D eigenvalue weighted by Crippen LogP contribution is 2.19. The van der Waals surface area contributed by atoms with Crippen LogP contribution in [-0.2, 0) is 5.75 Å². The lowest BCUT2D eigenvalue weighted by atomic mass is 10.1. The molecule has 0 N–H and O–H groups in total. The first-order valence-electron chi connectivity index (χ1n) is 4.50. The quantitative estimate of drug-likeness (QED) is 0.736. The Labute approximate surface area is 89.2 Å². The highest BCUT2D eigenvalue weighted by molar-refractivity contribution is 7.79. The van der Waals surface area contributed by atoms with E-state index in [2.05, 4.69) is 41.9 Å². The number of hydrogen-bond donors (Lipinski definition) is 1. The minimum absolute atomic E-state index is 0.772. The molecule has 0 aliphatic carbocycles. The number of benzene rings is 1. The molecule has 0 unspecified atom stereocenters. The summed E-state index contributed by atoms with van der Waals surface area (Å²) in [6, 6.07) is 12.4. The molecule has 0 amide bonds. The van der Waals surface area contributed by atoms with Crippen LogP contribution in [0.4, 0.5) is 0 Å². The summed E-state index contributed by atoms with van der Waals surface area (Å²) < 4.78 is 0. The Kier molecular flexibility index (Phi) is 2.84. The van der Waals surface area contributed by atoms with Crippen molar-refractivity contribution >= 4 is 12.6 Å². The Morgan fingerprint density at radius 1 is 1.07 bits per heavy atom. The van der Waals surface area contributed by atoms with Gasteiger partial charge in [0.1, 0.15) is 0 Å². The molecule has 2 heteroatoms. The third kappa shape index (κ3) is 1.96. The molecule has 0 aliphatic rings. The first kappa shape index (κ1) is 9.28. The van der Waals surface area contributed by atoms with E-state index in [1.54, 1.807) is 6.20 Å². The third-order valence-electron chi connectivity index (χ3n) is 2.10. The second-order valence-electron chi connectivity index (χ2n) is 3.10. The van der Waals surface area contributed by atoms with Crippen molar-refractivity contribution in [1.29, 1.82) is 0 Å². The number of nitrogens with zero attached hydrogens (tertiary/aromatic N) is 1. The molecule has 1 heterocycles. The molecule has 1 nitrogen and oxygen atoms in total. The Morgan fingerprint density at radius 3 is 2.64 bits per heavy atom. The van der Waals surface area contributed by atoms with Crippen LogP contribution in [-0.4, -0.2) is 4.98 Å². The van der Waals surface area contributed by atoms with Gasteiger partial charge >= 0.3 is 0 Å². The van der Waals surface area contributed by atoms with E-state index in [-0.39, 0.29) is 0 Å². The van der Waals surface area contributed by atoms with Gasteiger partial charge in [0.05, 0.1) is 0 Å². The third-order valence-corrected chi connectivity index (χ3v) is 2.47. The van der Waals surface area contributed by atoms with E-state index in [4.69, 9.17) is 0 Å². The van der Waals surface area contributed by atoms with Gasteiger partial charge in [0, 0.05) is 18.1 Å². The molecule has 0 saturated carbocycles. The Hall–Kier alpha value is -1.28. The molecule has 0 radical (unpaired) electrons. The van der Waals surface area contributed by atoms with Crippen LogP contribution in [0.3, 0.4) is 0 Å². The van der Waals surface area contributed by atoms with Crippen molar-refractivity contribution in [1.82, 2.24) is 4.98 Å². The Bertz CT molecular complexity index is 412. The lowest BCUT2D eigenvalue weighted by Crippen LogP contribution is -1.82. The zero-order chi connectivity index (χ0) is 9.80. The minimum Gasteiger partial charge on any atom is -0.264 e. The maximum atomic E-state index is 4.25. The highest BCUT2D eigenvalue weighted by atomic mass is 32.1. The fourth-order valence-electron chi connectivity index (χ4n) is 1.38. The van der Waals surface area contributed by atoms with Crippen LogP contribution in [0.2, 0.25) is 0 Å². The van der Waals surface area contributed by atoms with Crippen LogP contribution < -0.4 is 0 Å². The molecule has 0 aliphatic heterocycles. The highest BCUT2D eigenvalue weighted by Gasteiger charge is 1.97. The van der Waals surface area contributed by atoms with Gasteiger partial charge in [0.15, 0.2) is 0 Å². The molecule has 1 aromatic heterocycles. The Balaban J connectivity index is 2.42. The first-order chi connectivity index (χ1) is 6.90. The Morgan fingerprint density at radius 2 is 1.93 bits per heavy atom. The van der Waals surface area contributed by atoms with Crippen molar-refractivity contribution in [2.45, 2.75) is 5.75 Å². The number of pyridine rings is 1. The molecule has 0 bridgehead atoms. The molecule has 2 aromatic rings. The fourth-order valence-corrected chi connectivity index (χ4v) is 1.58. The smallest absolute Gasteiger partial charge is 0.0346 e. The monoisotopic (exact) mass is 201 g/mol. The van der Waals surface area contributed by atoms with Gasteiger partial charge in [0.25, 0.3) is 0 Å². The van der Waals surface area contributed by atoms with Gasteiger partial charge in [-0.05, 0) is 22.8 Å². The van der Waals surface area contributed by atoms with Crippen LogP contribution in [0.25, 0.3) is 11.1 Å². The van der Waals surface area contributed by atoms with E-state index in [9.17, 15) is 0 Å². The zero-order valence-electron chi connectivity index (χ0n) is 7.72. The van der Waals surface area contributed by atoms with Crippen LogP contribution in [0.5, 0.6) is 0 Å². The summed E-state index contributed by atoms with van der Waals surface area (Å²) in [6.07, 6.45) is 3.66. The molecule has 0 atom stereocenters. The van der Waals surface area contributed by atoms with Crippen molar-refractivity contribution in [3.63, 3.8) is 0 Å². The molecule has 70 valence electrons. The molecule has 0 fully saturated rings. The van der Waals surface area contributed by atoms with Gasteiger partial charge in [0.2, 0.25) is 0 Å². The second-order valence-corrected chi connectivity index (χ2v) is 3.42. The summed E-state index contributed by atoms with van der Waals surface area (Å²) in [6.45, 7) is 0. The number of rotatable bonds is 2. The summed E-state index contributed by atoms with van der Waals surface area (Å²) in [4.78, 5) is 4.10. The van der Waals surface area contributed by atoms with Crippen LogP contribution in [0.1, 0.15) is 5.56 Å². The minimum atomic E-state index is 0.772. The molecule has 14 heavy (non-hydrogen) atoms. The maximum absolute atomic E-state index is 4.25. The van der Waals surface area contributed by atoms with Crippen molar-refractivity contribution in [2.75, 3.05) is 0 Å². The average Bonchev–Trinajstić information content (AvgIpc) is 2.30. The molecule has 2 rings (SSSR count). The first-order valence-corrected chi connectivity index (χ1v) is 5.13. The largest absolute Gasteiger partial charge is 0.264 e. The number of aromatic nitrogens is 1. The molecule has 0 saturated heterocycles. The van der Waals surface area contributed by atoms with Crippen LogP contribution >= 0.6 is 12.6 Å². The van der Waals surface area contributed by atoms with Gasteiger partial charge in [-0.15, -0.1) is 0 Å². The summed E-state index contributed by atoms with van der Waals surface area (Å²) in [5.74, 6) is 0.772. The second kappa shape index (κ2) is 4.29. The summed E-state index contributed by atoms with van der Waals surface area (Å²) in [5.41, 5.74) is 3.58. The topological polar surface area (TPSA) is 12.9 Å². The van der Waals surface area contributed by atoms with Crippen molar-refractivity contribution in [3.8, 4) is 11.1 Å². The van der Waals surface area contributed by atoms with E-state index in [1.807, 2.05) is 18.3 Å². The van der Waals surface area contributed by atoms with E-state index in [0.717, 1.165) is 11.3 Å². The SMILES string of the molecule is SCc1cccc(-c2cccnc2)c1. The van der Waals surface area contributed by atoms with Gasteiger partial charge < -0.3 is 0 Å². The summed E-state index contributed by atoms with van der Waals surface area (Å²) in [5, 5.41) is 0. The van der Waals surface area contributed by atoms with Crippen molar-refractivity contribution < 1.29 is 0 Å². The summed E-state index contributed by atoms with van der Waals surface area (Å²) in [7, 11) is 0. The van der Waals surface area contributed by atoms with Crippen molar-refractivity contribution in [2.24, 2.45) is 0 Å². The van der Waals surface area contributed by atoms with Gasteiger partial charge in [-0.2, -0.15) is 12.6 Å². The molecule has 0 spiro atoms. The van der Waals surface area contributed by atoms with Gasteiger partial charge in [-0.3, -0.25) is 4.98 Å². The predicted octanol–water partition coefficient (Wildman–Crippen LogP) is 3.18. The van der Waals surface area contributed by atoms with E-state index in [1.165, 1.54) is 11.1 Å². The lowest BCUT2D eigenvalue weighted by Gasteiger charge is -2.02. The van der Waals surface area contributed by atoms with Crippen LogP contribution in [0.15, 0.2) is 48.8 Å². The molecular formula is C12H11NS. The normalized spacial score (nSPS) is 10.1. The van der Waals surface area contributed by atoms with Gasteiger partial charge in [-0.25, -0.2) is 0 Å². The van der Waals surface area contributed by atoms with E-state index < -0.39 is 0 Å². The van der Waals surface area contributed by atoms with Gasteiger partial charge in [-0.1, -0.05) is 30.3 Å². The fraction of sp³-hybridized carbons (Fsp3) is 0.0833. The van der Waals surface area contributed by atoms with E-state index >= 15 is 0 Å². The standard InChI is InChI=1S/C12H11NS/c14-9-10-3-1-4-11(7-10)12-5-2-6-13-8-12/h1-8,14H,9H2. The molecule has 1 aromatic carbocycles. The lowest BCUT2D eigenvalue weighted by molar-refractivity contribution is 1.32. The van der Waals surface area contributed by atoms with Crippen LogP contribution in [0, 0.1) is 0 Å². The summed E-state index contributed by atoms with van der Waals surface area (Å²) >= 11 is 4.25. The number of thiol groups is 1. The zero-order valence-corrected chi connectivity index (χ0v) is 8.61. The van der Waals surface area contributed by atoms with E-state index in [0.29, 0.717) is 0 Å². The number of hydrogen-bond acceptors (Lipinski definition) is 2. The molecular weight excluding hydrogens is 190 g/mol. The average molecular weight is 201 g/mol.